The summed E-state index contributed by atoms with van der Waals surface area (Å²) in [7, 11) is -3.50. The van der Waals surface area contributed by atoms with Crippen LogP contribution in [-0.2, 0) is 10.0 Å². The molecule has 0 aliphatic carbocycles. The zero-order valence-corrected chi connectivity index (χ0v) is 18.8. The molecule has 3 N–H and O–H groups in total. The highest BCUT2D eigenvalue weighted by Crippen LogP contribution is 2.38. The van der Waals surface area contributed by atoms with Gasteiger partial charge in [0.15, 0.2) is 0 Å². The molecule has 2 saturated heterocycles. The van der Waals surface area contributed by atoms with E-state index in [0.717, 1.165) is 17.5 Å². The molecule has 0 saturated carbocycles. The molecular weight excluding hydrogens is 428 g/mol. The third-order valence-electron chi connectivity index (χ3n) is 6.32. The van der Waals surface area contributed by atoms with Crippen LogP contribution in [0.25, 0.3) is 0 Å². The molecule has 2 aliphatic rings. The summed E-state index contributed by atoms with van der Waals surface area (Å²) in [4.78, 5) is 25.0. The highest BCUT2D eigenvalue weighted by atomic mass is 32.2. The standard InChI is InChI=1S/C23H28N4O4S/c1-16(27-13-5-8-21(32(27,30)31)18-6-3-2-4-7-18)17-9-11-19(12-10-17)22(28)25-20-14-26(15-20)23(24)29/h2-4,6-7,9-12,16,20-21H,5,8,13-15H2,1H3,(H2,24,29)(H,25,28). The lowest BCUT2D eigenvalue weighted by Gasteiger charge is -2.38. The van der Waals surface area contributed by atoms with Gasteiger partial charge < -0.3 is 16.0 Å². The van der Waals surface area contributed by atoms with Gasteiger partial charge in [-0.1, -0.05) is 42.5 Å². The lowest BCUT2D eigenvalue weighted by molar-refractivity contribution is 0.0861. The average Bonchev–Trinajstić information content (AvgIpc) is 2.75. The Labute approximate surface area is 188 Å². The molecule has 2 fully saturated rings. The summed E-state index contributed by atoms with van der Waals surface area (Å²) < 4.78 is 28.3. The van der Waals surface area contributed by atoms with Crippen molar-refractivity contribution in [3.8, 4) is 0 Å². The van der Waals surface area contributed by atoms with Crippen LogP contribution in [0.4, 0.5) is 4.79 Å². The monoisotopic (exact) mass is 456 g/mol. The number of nitrogens with one attached hydrogen (secondary N) is 1. The van der Waals surface area contributed by atoms with Gasteiger partial charge in [0.2, 0.25) is 10.0 Å². The van der Waals surface area contributed by atoms with Crippen molar-refractivity contribution in [1.82, 2.24) is 14.5 Å². The van der Waals surface area contributed by atoms with Gasteiger partial charge in [0.05, 0.1) is 6.04 Å². The van der Waals surface area contributed by atoms with E-state index >= 15 is 0 Å². The number of likely N-dealkylation sites (tertiary alicyclic amines) is 1. The molecule has 2 aliphatic heterocycles. The number of benzene rings is 2. The molecule has 0 aromatic heterocycles. The number of primary amides is 1. The minimum absolute atomic E-state index is 0.109. The van der Waals surface area contributed by atoms with Crippen molar-refractivity contribution in [3.05, 3.63) is 71.3 Å². The number of hydrogen-bond donors (Lipinski definition) is 2. The summed E-state index contributed by atoms with van der Waals surface area (Å²) in [6.07, 6.45) is 1.41. The first-order valence-electron chi connectivity index (χ1n) is 10.8. The Bertz CT molecular complexity index is 1080. The van der Waals surface area contributed by atoms with Crippen molar-refractivity contribution in [2.24, 2.45) is 5.73 Å². The number of nitrogens with zero attached hydrogens (tertiary/aromatic N) is 2. The Balaban J connectivity index is 1.43. The van der Waals surface area contributed by atoms with Gasteiger partial charge in [-0.25, -0.2) is 13.2 Å². The normalized spacial score (nSPS) is 22.0. The van der Waals surface area contributed by atoms with E-state index in [4.69, 9.17) is 5.73 Å². The van der Waals surface area contributed by atoms with Crippen molar-refractivity contribution in [1.29, 1.82) is 0 Å². The Morgan fingerprint density at radius 2 is 1.72 bits per heavy atom. The zero-order valence-electron chi connectivity index (χ0n) is 18.0. The molecule has 32 heavy (non-hydrogen) atoms. The molecule has 0 spiro atoms. The van der Waals surface area contributed by atoms with Crippen LogP contribution in [0.1, 0.15) is 52.5 Å². The fourth-order valence-corrected chi connectivity index (χ4v) is 6.63. The van der Waals surface area contributed by atoms with Gasteiger partial charge in [-0.3, -0.25) is 4.79 Å². The van der Waals surface area contributed by atoms with E-state index in [1.54, 1.807) is 28.6 Å². The predicted molar refractivity (Wildman–Crippen MR) is 121 cm³/mol. The molecule has 8 nitrogen and oxygen atoms in total. The van der Waals surface area contributed by atoms with E-state index in [9.17, 15) is 18.0 Å². The zero-order chi connectivity index (χ0) is 22.9. The van der Waals surface area contributed by atoms with Crippen molar-refractivity contribution in [3.63, 3.8) is 0 Å². The van der Waals surface area contributed by atoms with Crippen LogP contribution in [0.15, 0.2) is 54.6 Å². The van der Waals surface area contributed by atoms with Crippen molar-refractivity contribution >= 4 is 22.0 Å². The molecule has 0 radical (unpaired) electrons. The van der Waals surface area contributed by atoms with Crippen molar-refractivity contribution in [2.75, 3.05) is 19.6 Å². The van der Waals surface area contributed by atoms with E-state index in [-0.39, 0.29) is 18.0 Å². The van der Waals surface area contributed by atoms with Crippen LogP contribution in [0.3, 0.4) is 0 Å². The first kappa shape index (κ1) is 22.3. The van der Waals surface area contributed by atoms with Crippen molar-refractivity contribution < 1.29 is 18.0 Å². The number of sulfonamides is 1. The van der Waals surface area contributed by atoms with Crippen LogP contribution in [0, 0.1) is 0 Å². The molecule has 170 valence electrons. The number of carbonyl (C=O) groups excluding carboxylic acids is 2. The molecule has 4 rings (SSSR count). The highest BCUT2D eigenvalue weighted by Gasteiger charge is 2.39. The third-order valence-corrected chi connectivity index (χ3v) is 8.70. The Morgan fingerprint density at radius 1 is 1.06 bits per heavy atom. The Morgan fingerprint density at radius 3 is 2.34 bits per heavy atom. The number of hydrogen-bond acceptors (Lipinski definition) is 4. The molecule has 2 unspecified atom stereocenters. The molecular formula is C23H28N4O4S. The summed E-state index contributed by atoms with van der Waals surface area (Å²) in [5.41, 5.74) is 7.34. The fourth-order valence-electron chi connectivity index (χ4n) is 4.39. The SMILES string of the molecule is CC(c1ccc(C(=O)NC2CN(C(N)=O)C2)cc1)N1CCCC(c2ccccc2)S1(=O)=O. The molecule has 2 heterocycles. The average molecular weight is 457 g/mol. The smallest absolute Gasteiger partial charge is 0.314 e. The third kappa shape index (κ3) is 4.35. The van der Waals surface area contributed by atoms with Crippen LogP contribution in [0.5, 0.6) is 0 Å². The van der Waals surface area contributed by atoms with Gasteiger partial charge in [0.25, 0.3) is 5.91 Å². The fraction of sp³-hybridized carbons (Fsp3) is 0.391. The lowest BCUT2D eigenvalue weighted by atomic mass is 10.0. The van der Waals surface area contributed by atoms with E-state index in [1.807, 2.05) is 37.3 Å². The number of amides is 3. The number of rotatable bonds is 5. The molecule has 2 aromatic rings. The lowest BCUT2D eigenvalue weighted by Crippen LogP contribution is -2.62. The molecule has 2 aromatic carbocycles. The van der Waals surface area contributed by atoms with E-state index in [1.165, 1.54) is 4.90 Å². The number of carbonyl (C=O) groups is 2. The van der Waals surface area contributed by atoms with E-state index in [2.05, 4.69) is 5.32 Å². The largest absolute Gasteiger partial charge is 0.351 e. The van der Waals surface area contributed by atoms with Gasteiger partial charge in [0, 0.05) is 31.2 Å². The second kappa shape index (κ2) is 8.91. The van der Waals surface area contributed by atoms with Crippen molar-refractivity contribution in [2.45, 2.75) is 37.1 Å². The first-order chi connectivity index (χ1) is 15.3. The molecule has 0 bridgehead atoms. The van der Waals surface area contributed by atoms with Crippen LogP contribution in [-0.4, -0.2) is 55.2 Å². The quantitative estimate of drug-likeness (QED) is 0.719. The second-order valence-electron chi connectivity index (χ2n) is 8.41. The maximum absolute atomic E-state index is 13.4. The minimum Gasteiger partial charge on any atom is -0.351 e. The molecule has 2 atom stereocenters. The summed E-state index contributed by atoms with van der Waals surface area (Å²) in [5.74, 6) is -0.229. The van der Waals surface area contributed by atoms with Crippen LogP contribution >= 0.6 is 0 Å². The van der Waals surface area contributed by atoms with Gasteiger partial charge in [0.1, 0.15) is 5.25 Å². The Hall–Kier alpha value is -2.91. The van der Waals surface area contributed by atoms with Crippen LogP contribution in [0.2, 0.25) is 0 Å². The van der Waals surface area contributed by atoms with Gasteiger partial charge in [-0.05, 0) is 43.0 Å². The first-order valence-corrected chi connectivity index (χ1v) is 12.3. The maximum Gasteiger partial charge on any atom is 0.314 e. The topological polar surface area (TPSA) is 113 Å². The maximum atomic E-state index is 13.4. The van der Waals surface area contributed by atoms with Crippen LogP contribution < -0.4 is 11.1 Å². The number of urea groups is 1. The highest BCUT2D eigenvalue weighted by molar-refractivity contribution is 7.89. The molecule has 3 amide bonds. The molecule has 9 heteroatoms. The summed E-state index contributed by atoms with van der Waals surface area (Å²) >= 11 is 0. The van der Waals surface area contributed by atoms with Gasteiger partial charge in [-0.2, -0.15) is 4.31 Å². The minimum atomic E-state index is -3.50. The summed E-state index contributed by atoms with van der Waals surface area (Å²) in [6.45, 7) is 3.18. The van der Waals surface area contributed by atoms with Gasteiger partial charge in [-0.15, -0.1) is 0 Å². The summed E-state index contributed by atoms with van der Waals surface area (Å²) in [6, 6.07) is 15.4. The second-order valence-corrected chi connectivity index (χ2v) is 10.5. The Kier molecular flexibility index (Phi) is 6.21. The predicted octanol–water partition coefficient (Wildman–Crippen LogP) is 2.41. The van der Waals surface area contributed by atoms with Gasteiger partial charge >= 0.3 is 6.03 Å². The summed E-state index contributed by atoms with van der Waals surface area (Å²) in [5, 5.41) is 2.34. The van der Waals surface area contributed by atoms with E-state index in [0.29, 0.717) is 31.6 Å². The van der Waals surface area contributed by atoms with E-state index < -0.39 is 21.3 Å². The number of nitrogens with two attached hydrogens (primary N) is 1.